The van der Waals surface area contributed by atoms with Gasteiger partial charge in [-0.1, -0.05) is 76.6 Å². The molecule has 0 heterocycles. The molecule has 1 atom stereocenters. The molecular weight excluding hydrogens is 362 g/mol. The van der Waals surface area contributed by atoms with Gasteiger partial charge in [-0.15, -0.1) is 0 Å². The Morgan fingerprint density at radius 1 is 1.00 bits per heavy atom. The van der Waals surface area contributed by atoms with Gasteiger partial charge in [-0.2, -0.15) is 0 Å². The predicted molar refractivity (Wildman–Crippen MR) is 105 cm³/mol. The normalized spacial score (nSPS) is 13.0. The van der Waals surface area contributed by atoms with Crippen molar-refractivity contribution in [3.05, 3.63) is 71.8 Å². The number of rotatable bonds is 8. The third-order valence-electron chi connectivity index (χ3n) is 4.47. The number of Topliss-reactive ketones (excluding diaryl/α,β-unsaturated/α-hetero) is 1. The maximum Gasteiger partial charge on any atom is 0.161 e. The van der Waals surface area contributed by atoms with Crippen molar-refractivity contribution in [2.75, 3.05) is 20.6 Å². The summed E-state index contributed by atoms with van der Waals surface area (Å²) in [7, 11) is 4.14. The molecule has 0 N–H and O–H groups in total. The van der Waals surface area contributed by atoms with E-state index in [0.717, 1.165) is 30.5 Å². The first-order chi connectivity index (χ1) is 11.5. The van der Waals surface area contributed by atoms with Crippen LogP contribution >= 0.6 is 15.9 Å². The first-order valence-corrected chi connectivity index (χ1v) is 9.34. The highest BCUT2D eigenvalue weighted by molar-refractivity contribution is 9.10. The van der Waals surface area contributed by atoms with Gasteiger partial charge >= 0.3 is 0 Å². The Kier molecular flexibility index (Phi) is 6.76. The van der Waals surface area contributed by atoms with Gasteiger partial charge in [-0.05, 0) is 51.5 Å². The number of carbonyl (C=O) groups excluding carboxylic acids is 1. The van der Waals surface area contributed by atoms with E-state index < -0.39 is 5.41 Å². The van der Waals surface area contributed by atoms with Gasteiger partial charge in [0.05, 0.1) is 10.2 Å². The van der Waals surface area contributed by atoms with Crippen molar-refractivity contribution in [2.24, 2.45) is 0 Å². The number of benzene rings is 2. The highest BCUT2D eigenvalue weighted by Gasteiger charge is 2.42. The molecule has 1 unspecified atom stereocenters. The molecule has 24 heavy (non-hydrogen) atoms. The Balaban J connectivity index is 2.57. The van der Waals surface area contributed by atoms with Crippen LogP contribution in [0.5, 0.6) is 0 Å². The Bertz CT molecular complexity index is 598. The smallest absolute Gasteiger partial charge is 0.161 e. The van der Waals surface area contributed by atoms with Crippen molar-refractivity contribution in [1.29, 1.82) is 0 Å². The molecule has 3 heteroatoms. The fourth-order valence-corrected chi connectivity index (χ4v) is 3.70. The summed E-state index contributed by atoms with van der Waals surface area (Å²) in [6.45, 7) is 2.89. The van der Waals surface area contributed by atoms with Crippen molar-refractivity contribution >= 4 is 21.7 Å². The Morgan fingerprint density at radius 3 is 1.83 bits per heavy atom. The molecule has 0 spiro atoms. The summed E-state index contributed by atoms with van der Waals surface area (Å²) in [5.41, 5.74) is 1.54. The zero-order valence-electron chi connectivity index (χ0n) is 14.7. The summed E-state index contributed by atoms with van der Waals surface area (Å²) < 4.78 is 0. The Labute approximate surface area is 154 Å². The van der Waals surface area contributed by atoms with Crippen LogP contribution in [0.2, 0.25) is 0 Å². The van der Waals surface area contributed by atoms with E-state index >= 15 is 0 Å². The minimum Gasteiger partial charge on any atom is -0.309 e. The molecule has 0 bridgehead atoms. The van der Waals surface area contributed by atoms with Gasteiger partial charge in [0.1, 0.15) is 0 Å². The standard InChI is InChI=1S/C21H26BrNO/c1-17(22)20(24)21(15-10-16-23(2)3,18-11-6-4-7-12-18)19-13-8-5-9-14-19/h4-9,11-14,17H,10,15-16H2,1-3H3. The van der Waals surface area contributed by atoms with Crippen LogP contribution in [0.1, 0.15) is 30.9 Å². The molecule has 0 aliphatic rings. The number of alkyl halides is 1. The molecular formula is C21H26BrNO. The van der Waals surface area contributed by atoms with Crippen molar-refractivity contribution in [2.45, 2.75) is 30.0 Å². The summed E-state index contributed by atoms with van der Waals surface area (Å²) >= 11 is 3.53. The second-order valence-electron chi connectivity index (χ2n) is 6.52. The number of hydrogen-bond donors (Lipinski definition) is 0. The molecule has 0 saturated carbocycles. The van der Waals surface area contributed by atoms with Gasteiger partial charge in [-0.25, -0.2) is 0 Å². The molecule has 2 aromatic carbocycles. The second-order valence-corrected chi connectivity index (χ2v) is 7.90. The topological polar surface area (TPSA) is 20.3 Å². The summed E-state index contributed by atoms with van der Waals surface area (Å²) in [4.78, 5) is 15.4. The summed E-state index contributed by atoms with van der Waals surface area (Å²) in [5.74, 6) is 0.221. The average Bonchev–Trinajstić information content (AvgIpc) is 2.59. The van der Waals surface area contributed by atoms with Gasteiger partial charge in [0.25, 0.3) is 0 Å². The van der Waals surface area contributed by atoms with Gasteiger partial charge in [0, 0.05) is 0 Å². The van der Waals surface area contributed by atoms with E-state index in [2.05, 4.69) is 59.2 Å². The highest BCUT2D eigenvalue weighted by atomic mass is 79.9. The fraction of sp³-hybridized carbons (Fsp3) is 0.381. The van der Waals surface area contributed by atoms with Gasteiger partial charge in [0.2, 0.25) is 0 Å². The second kappa shape index (κ2) is 8.59. The van der Waals surface area contributed by atoms with Crippen molar-refractivity contribution in [1.82, 2.24) is 4.90 Å². The monoisotopic (exact) mass is 387 g/mol. The molecule has 2 aromatic rings. The van der Waals surface area contributed by atoms with E-state index in [1.165, 1.54) is 0 Å². The molecule has 2 nitrogen and oxygen atoms in total. The quantitative estimate of drug-likeness (QED) is 0.613. The largest absolute Gasteiger partial charge is 0.309 e. The number of halogens is 1. The first kappa shape index (κ1) is 18.9. The third kappa shape index (κ3) is 4.14. The Morgan fingerprint density at radius 2 is 1.46 bits per heavy atom. The number of hydrogen-bond acceptors (Lipinski definition) is 2. The van der Waals surface area contributed by atoms with Crippen molar-refractivity contribution < 1.29 is 4.79 Å². The van der Waals surface area contributed by atoms with Crippen LogP contribution in [0.3, 0.4) is 0 Å². The molecule has 0 aliphatic carbocycles. The molecule has 0 aliphatic heterocycles. The van der Waals surface area contributed by atoms with E-state index in [1.807, 2.05) is 43.3 Å². The lowest BCUT2D eigenvalue weighted by Gasteiger charge is -2.35. The lowest BCUT2D eigenvalue weighted by atomic mass is 9.67. The summed E-state index contributed by atoms with van der Waals surface area (Å²) in [5, 5.41) is 0. The van der Waals surface area contributed by atoms with Crippen LogP contribution in [-0.2, 0) is 10.2 Å². The zero-order valence-corrected chi connectivity index (χ0v) is 16.3. The molecule has 0 amide bonds. The van der Waals surface area contributed by atoms with Crippen LogP contribution < -0.4 is 0 Å². The lowest BCUT2D eigenvalue weighted by Crippen LogP contribution is -2.41. The van der Waals surface area contributed by atoms with Crippen LogP contribution in [0.15, 0.2) is 60.7 Å². The fourth-order valence-electron chi connectivity index (χ4n) is 3.31. The van der Waals surface area contributed by atoms with Gasteiger partial charge < -0.3 is 4.90 Å². The molecule has 0 fully saturated rings. The number of ketones is 1. The predicted octanol–water partition coefficient (Wildman–Crippen LogP) is 4.67. The maximum atomic E-state index is 13.4. The Hall–Kier alpha value is -1.45. The minimum atomic E-state index is -0.610. The number of carbonyl (C=O) groups is 1. The van der Waals surface area contributed by atoms with Crippen molar-refractivity contribution in [3.8, 4) is 0 Å². The summed E-state index contributed by atoms with van der Waals surface area (Å²) in [6, 6.07) is 20.4. The first-order valence-electron chi connectivity index (χ1n) is 8.42. The number of nitrogens with zero attached hydrogens (tertiary/aromatic N) is 1. The van der Waals surface area contributed by atoms with E-state index in [1.54, 1.807) is 0 Å². The van der Waals surface area contributed by atoms with E-state index in [-0.39, 0.29) is 10.6 Å². The van der Waals surface area contributed by atoms with E-state index in [9.17, 15) is 4.79 Å². The van der Waals surface area contributed by atoms with Crippen LogP contribution in [0.4, 0.5) is 0 Å². The highest BCUT2D eigenvalue weighted by Crippen LogP contribution is 2.39. The zero-order chi connectivity index (χ0) is 17.6. The maximum absolute atomic E-state index is 13.4. The summed E-state index contributed by atoms with van der Waals surface area (Å²) in [6.07, 6.45) is 1.76. The average molecular weight is 388 g/mol. The van der Waals surface area contributed by atoms with Crippen LogP contribution in [0.25, 0.3) is 0 Å². The molecule has 128 valence electrons. The van der Waals surface area contributed by atoms with E-state index in [0.29, 0.717) is 0 Å². The molecule has 0 saturated heterocycles. The molecule has 2 rings (SSSR count). The van der Waals surface area contributed by atoms with Crippen LogP contribution in [-0.4, -0.2) is 36.2 Å². The SMILES string of the molecule is CC(Br)C(=O)C(CCCN(C)C)(c1ccccc1)c1ccccc1. The molecule has 0 radical (unpaired) electrons. The van der Waals surface area contributed by atoms with Gasteiger partial charge in [0.15, 0.2) is 5.78 Å². The van der Waals surface area contributed by atoms with E-state index in [4.69, 9.17) is 0 Å². The van der Waals surface area contributed by atoms with Gasteiger partial charge in [-0.3, -0.25) is 4.79 Å². The van der Waals surface area contributed by atoms with Crippen molar-refractivity contribution in [3.63, 3.8) is 0 Å². The third-order valence-corrected chi connectivity index (χ3v) is 4.89. The molecule has 0 aromatic heterocycles. The minimum absolute atomic E-state index is 0.197. The lowest BCUT2D eigenvalue weighted by molar-refractivity contribution is -0.122. The van der Waals surface area contributed by atoms with Crippen LogP contribution in [0, 0.1) is 0 Å².